The van der Waals surface area contributed by atoms with Gasteiger partial charge in [0.05, 0.1) is 18.4 Å². The van der Waals surface area contributed by atoms with Gasteiger partial charge in [0, 0.05) is 5.56 Å². The van der Waals surface area contributed by atoms with Crippen molar-refractivity contribution in [2.45, 2.75) is 0 Å². The van der Waals surface area contributed by atoms with Crippen LogP contribution in [0.4, 0.5) is 14.5 Å². The van der Waals surface area contributed by atoms with E-state index in [1.54, 1.807) is 0 Å². The van der Waals surface area contributed by atoms with E-state index in [0.717, 1.165) is 6.07 Å². The van der Waals surface area contributed by atoms with Gasteiger partial charge in [-0.1, -0.05) is 12.1 Å². The van der Waals surface area contributed by atoms with E-state index >= 15 is 0 Å². The van der Waals surface area contributed by atoms with Gasteiger partial charge >= 0.3 is 0 Å². The van der Waals surface area contributed by atoms with Gasteiger partial charge in [-0.05, 0) is 24.3 Å². The summed E-state index contributed by atoms with van der Waals surface area (Å²) < 4.78 is 32.1. The number of ether oxygens (including phenoxy) is 1. The van der Waals surface area contributed by atoms with E-state index in [4.69, 9.17) is 10.5 Å². The summed E-state index contributed by atoms with van der Waals surface area (Å²) in [5.74, 6) is -2.25. The lowest BCUT2D eigenvalue weighted by molar-refractivity contribution is 0.103. The van der Waals surface area contributed by atoms with Crippen LogP contribution >= 0.6 is 0 Å². The van der Waals surface area contributed by atoms with E-state index in [1.807, 2.05) is 0 Å². The monoisotopic (exact) mass is 263 g/mol. The molecule has 0 atom stereocenters. The van der Waals surface area contributed by atoms with Crippen LogP contribution in [-0.2, 0) is 0 Å². The van der Waals surface area contributed by atoms with E-state index in [2.05, 4.69) is 0 Å². The number of rotatable bonds is 3. The quantitative estimate of drug-likeness (QED) is 0.684. The summed E-state index contributed by atoms with van der Waals surface area (Å²) in [4.78, 5) is 12.2. The minimum Gasteiger partial charge on any atom is -0.494 e. The standard InChI is InChI=1S/C14H11F2NO2/c1-19-11-7-3-4-8(12(11)16)14(18)9-5-2-6-10(15)13(9)17/h2-7H,17H2,1H3. The highest BCUT2D eigenvalue weighted by molar-refractivity contribution is 6.12. The molecule has 0 amide bonds. The Hall–Kier alpha value is -2.43. The minimum atomic E-state index is -0.793. The third-order valence-corrected chi connectivity index (χ3v) is 2.73. The van der Waals surface area contributed by atoms with Crippen LogP contribution in [0.3, 0.4) is 0 Å². The number of anilines is 1. The third kappa shape index (κ3) is 2.27. The molecule has 5 heteroatoms. The van der Waals surface area contributed by atoms with Gasteiger partial charge < -0.3 is 10.5 Å². The van der Waals surface area contributed by atoms with Crippen molar-refractivity contribution in [1.29, 1.82) is 0 Å². The number of carbonyl (C=O) groups excluding carboxylic acids is 1. The van der Waals surface area contributed by atoms with Crippen LogP contribution in [0.1, 0.15) is 15.9 Å². The van der Waals surface area contributed by atoms with Gasteiger partial charge in [-0.3, -0.25) is 4.79 Å². The molecule has 0 spiro atoms. The molecule has 2 aromatic carbocycles. The van der Waals surface area contributed by atoms with Gasteiger partial charge in [-0.2, -0.15) is 0 Å². The fraction of sp³-hybridized carbons (Fsp3) is 0.0714. The molecule has 0 aliphatic heterocycles. The van der Waals surface area contributed by atoms with Crippen LogP contribution in [0.5, 0.6) is 5.75 Å². The van der Waals surface area contributed by atoms with Crippen molar-refractivity contribution in [1.82, 2.24) is 0 Å². The second-order valence-electron chi connectivity index (χ2n) is 3.85. The molecule has 98 valence electrons. The number of carbonyl (C=O) groups is 1. The third-order valence-electron chi connectivity index (χ3n) is 2.73. The highest BCUT2D eigenvalue weighted by atomic mass is 19.1. The molecule has 0 unspecified atom stereocenters. The average Bonchev–Trinajstić information content (AvgIpc) is 2.41. The molecule has 3 nitrogen and oxygen atoms in total. The fourth-order valence-corrected chi connectivity index (χ4v) is 1.72. The fourth-order valence-electron chi connectivity index (χ4n) is 1.72. The maximum atomic E-state index is 14.0. The molecule has 2 N–H and O–H groups in total. The number of nitrogen functional groups attached to an aromatic ring is 1. The Labute approximate surface area is 108 Å². The van der Waals surface area contributed by atoms with E-state index in [9.17, 15) is 13.6 Å². The van der Waals surface area contributed by atoms with E-state index in [-0.39, 0.29) is 22.6 Å². The zero-order chi connectivity index (χ0) is 14.0. The van der Waals surface area contributed by atoms with Crippen molar-refractivity contribution in [3.63, 3.8) is 0 Å². The van der Waals surface area contributed by atoms with Gasteiger partial charge in [0.25, 0.3) is 0 Å². The second-order valence-corrected chi connectivity index (χ2v) is 3.85. The highest BCUT2D eigenvalue weighted by Gasteiger charge is 2.20. The van der Waals surface area contributed by atoms with Crippen LogP contribution in [-0.4, -0.2) is 12.9 Å². The van der Waals surface area contributed by atoms with Crippen molar-refractivity contribution in [3.05, 3.63) is 59.2 Å². The Balaban J connectivity index is 2.54. The zero-order valence-corrected chi connectivity index (χ0v) is 10.1. The Bertz CT molecular complexity index is 641. The number of halogens is 2. The lowest BCUT2D eigenvalue weighted by atomic mass is 10.0. The molecule has 2 aromatic rings. The Kier molecular flexibility index (Phi) is 3.46. The number of para-hydroxylation sites is 1. The maximum absolute atomic E-state index is 14.0. The van der Waals surface area contributed by atoms with Crippen LogP contribution < -0.4 is 10.5 Å². The molecular formula is C14H11F2NO2. The van der Waals surface area contributed by atoms with Gasteiger partial charge in [0.1, 0.15) is 5.82 Å². The molecular weight excluding hydrogens is 252 g/mol. The molecule has 0 saturated carbocycles. The summed E-state index contributed by atoms with van der Waals surface area (Å²) in [6, 6.07) is 7.99. The largest absolute Gasteiger partial charge is 0.494 e. The molecule has 0 saturated heterocycles. The first kappa shape index (κ1) is 13.0. The van der Waals surface area contributed by atoms with Gasteiger partial charge in [-0.15, -0.1) is 0 Å². The van der Waals surface area contributed by atoms with E-state index < -0.39 is 17.4 Å². The van der Waals surface area contributed by atoms with Gasteiger partial charge in [0.2, 0.25) is 0 Å². The summed E-state index contributed by atoms with van der Waals surface area (Å²) in [5.41, 5.74) is 4.91. The lowest BCUT2D eigenvalue weighted by Crippen LogP contribution is -2.09. The summed E-state index contributed by atoms with van der Waals surface area (Å²) in [5, 5.41) is 0. The van der Waals surface area contributed by atoms with Crippen LogP contribution in [0.15, 0.2) is 36.4 Å². The zero-order valence-electron chi connectivity index (χ0n) is 10.1. The first-order valence-electron chi connectivity index (χ1n) is 5.47. The number of hydrogen-bond acceptors (Lipinski definition) is 3. The van der Waals surface area contributed by atoms with Crippen LogP contribution in [0, 0.1) is 11.6 Å². The summed E-state index contributed by atoms with van der Waals surface area (Å²) in [7, 11) is 1.29. The van der Waals surface area contributed by atoms with Crippen molar-refractivity contribution in [2.75, 3.05) is 12.8 Å². The summed E-state index contributed by atoms with van der Waals surface area (Å²) >= 11 is 0. The van der Waals surface area contributed by atoms with Crippen molar-refractivity contribution in [3.8, 4) is 5.75 Å². The number of ketones is 1. The Morgan fingerprint density at radius 1 is 1.11 bits per heavy atom. The molecule has 0 aromatic heterocycles. The normalized spacial score (nSPS) is 10.3. The van der Waals surface area contributed by atoms with Gasteiger partial charge in [-0.25, -0.2) is 8.78 Å². The second kappa shape index (κ2) is 5.06. The minimum absolute atomic E-state index is 0.0548. The van der Waals surface area contributed by atoms with Crippen LogP contribution in [0.25, 0.3) is 0 Å². The highest BCUT2D eigenvalue weighted by Crippen LogP contribution is 2.25. The molecule has 2 rings (SSSR count). The smallest absolute Gasteiger partial charge is 0.198 e. The molecule has 0 aliphatic carbocycles. The SMILES string of the molecule is COc1cccc(C(=O)c2cccc(F)c2N)c1F. The Morgan fingerprint density at radius 2 is 1.74 bits per heavy atom. The number of benzene rings is 2. The molecule has 0 bridgehead atoms. The first-order chi connectivity index (χ1) is 9.06. The lowest BCUT2D eigenvalue weighted by Gasteiger charge is -2.08. The van der Waals surface area contributed by atoms with Crippen molar-refractivity contribution in [2.24, 2.45) is 0 Å². The number of nitrogens with two attached hydrogens (primary N) is 1. The number of hydrogen-bond donors (Lipinski definition) is 1. The Morgan fingerprint density at radius 3 is 2.42 bits per heavy atom. The predicted octanol–water partition coefficient (Wildman–Crippen LogP) is 2.79. The topological polar surface area (TPSA) is 52.3 Å². The van der Waals surface area contributed by atoms with Crippen LogP contribution in [0.2, 0.25) is 0 Å². The van der Waals surface area contributed by atoms with E-state index in [1.165, 1.54) is 37.4 Å². The van der Waals surface area contributed by atoms with E-state index in [0.29, 0.717) is 0 Å². The molecule has 0 aliphatic rings. The molecule has 19 heavy (non-hydrogen) atoms. The molecule has 0 radical (unpaired) electrons. The number of methoxy groups -OCH3 is 1. The summed E-state index contributed by atoms with van der Waals surface area (Å²) in [6.45, 7) is 0. The summed E-state index contributed by atoms with van der Waals surface area (Å²) in [6.07, 6.45) is 0. The predicted molar refractivity (Wildman–Crippen MR) is 67.2 cm³/mol. The van der Waals surface area contributed by atoms with Crippen molar-refractivity contribution >= 4 is 11.5 Å². The maximum Gasteiger partial charge on any atom is 0.198 e. The van der Waals surface area contributed by atoms with Crippen molar-refractivity contribution < 1.29 is 18.3 Å². The molecule has 0 fully saturated rings. The van der Waals surface area contributed by atoms with Gasteiger partial charge in [0.15, 0.2) is 17.3 Å². The first-order valence-corrected chi connectivity index (χ1v) is 5.47. The molecule has 0 heterocycles. The average molecular weight is 263 g/mol.